The van der Waals surface area contributed by atoms with Crippen LogP contribution in [0.2, 0.25) is 0 Å². The number of aryl methyl sites for hydroxylation is 2. The molecule has 0 radical (unpaired) electrons. The number of benzene rings is 2. The van der Waals surface area contributed by atoms with Gasteiger partial charge >= 0.3 is 0 Å². The molecule has 0 spiro atoms. The molecule has 1 aromatic heterocycles. The average molecular weight is 402 g/mol. The molecular formula is C24H23FN4O. The maximum Gasteiger partial charge on any atom is 0.251 e. The number of hydrogen-bond acceptors (Lipinski definition) is 4. The Bertz CT molecular complexity index is 1110. The summed E-state index contributed by atoms with van der Waals surface area (Å²) in [6.07, 6.45) is 5.67. The van der Waals surface area contributed by atoms with Gasteiger partial charge in [-0.1, -0.05) is 12.1 Å². The third-order valence-corrected chi connectivity index (χ3v) is 6.00. The number of amides is 1. The summed E-state index contributed by atoms with van der Waals surface area (Å²) in [4.78, 5) is 23.7. The molecule has 5 rings (SSSR count). The smallest absolute Gasteiger partial charge is 0.251 e. The van der Waals surface area contributed by atoms with Crippen LogP contribution in [-0.4, -0.2) is 22.4 Å². The van der Waals surface area contributed by atoms with E-state index in [1.54, 1.807) is 6.20 Å². The molecule has 1 N–H and O–H groups in total. The standard InChI is InChI=1S/C24H23FN4O/c1-16-26-13-10-22(27-16)29-14-2-3-18-15-19(6-9-21(18)29)24(11-12-24)28-23(30)17-4-7-20(25)8-5-17/h4-10,13,15H,2-3,11-12,14H2,1H3,(H,28,30). The Morgan fingerprint density at radius 2 is 1.93 bits per heavy atom. The molecule has 2 aliphatic rings. The van der Waals surface area contributed by atoms with Crippen molar-refractivity contribution >= 4 is 17.4 Å². The highest BCUT2D eigenvalue weighted by molar-refractivity contribution is 5.95. The largest absolute Gasteiger partial charge is 0.343 e. The van der Waals surface area contributed by atoms with Gasteiger partial charge in [-0.15, -0.1) is 0 Å². The van der Waals surface area contributed by atoms with E-state index in [-0.39, 0.29) is 17.3 Å². The lowest BCUT2D eigenvalue weighted by Gasteiger charge is -2.31. The quantitative estimate of drug-likeness (QED) is 0.702. The summed E-state index contributed by atoms with van der Waals surface area (Å²) in [5, 5.41) is 3.18. The molecule has 1 amide bonds. The first-order valence-corrected chi connectivity index (χ1v) is 10.3. The Morgan fingerprint density at radius 1 is 1.13 bits per heavy atom. The second kappa shape index (κ2) is 7.20. The Kier molecular flexibility index (Phi) is 4.50. The van der Waals surface area contributed by atoms with Crippen LogP contribution in [0.25, 0.3) is 0 Å². The molecule has 0 saturated heterocycles. The topological polar surface area (TPSA) is 58.1 Å². The monoisotopic (exact) mass is 402 g/mol. The second-order valence-corrected chi connectivity index (χ2v) is 8.10. The molecule has 2 heterocycles. The van der Waals surface area contributed by atoms with Crippen LogP contribution in [0.4, 0.5) is 15.9 Å². The van der Waals surface area contributed by atoms with Gasteiger partial charge in [0, 0.05) is 24.0 Å². The number of aromatic nitrogens is 2. The summed E-state index contributed by atoms with van der Waals surface area (Å²) in [7, 11) is 0. The third-order valence-electron chi connectivity index (χ3n) is 6.00. The van der Waals surface area contributed by atoms with Crippen molar-refractivity contribution in [3.8, 4) is 0 Å². The summed E-state index contributed by atoms with van der Waals surface area (Å²) in [5.74, 6) is 1.17. The van der Waals surface area contributed by atoms with Crippen molar-refractivity contribution in [2.75, 3.05) is 11.4 Å². The number of carbonyl (C=O) groups excluding carboxylic acids is 1. The molecular weight excluding hydrogens is 379 g/mol. The number of fused-ring (bicyclic) bond motifs is 1. The van der Waals surface area contributed by atoms with E-state index in [0.29, 0.717) is 5.56 Å². The van der Waals surface area contributed by atoms with Crippen LogP contribution in [0.1, 0.15) is 46.6 Å². The Balaban J connectivity index is 1.41. The molecule has 1 fully saturated rings. The van der Waals surface area contributed by atoms with E-state index in [2.05, 4.69) is 38.4 Å². The zero-order valence-electron chi connectivity index (χ0n) is 16.9. The summed E-state index contributed by atoms with van der Waals surface area (Å²) in [6, 6.07) is 14.1. The summed E-state index contributed by atoms with van der Waals surface area (Å²) in [6.45, 7) is 2.83. The van der Waals surface area contributed by atoms with Gasteiger partial charge in [-0.2, -0.15) is 0 Å². The fourth-order valence-corrected chi connectivity index (χ4v) is 4.23. The molecule has 0 bridgehead atoms. The van der Waals surface area contributed by atoms with Gasteiger partial charge in [-0.05, 0) is 80.1 Å². The van der Waals surface area contributed by atoms with Gasteiger partial charge in [-0.3, -0.25) is 4.79 Å². The predicted molar refractivity (Wildman–Crippen MR) is 113 cm³/mol. The maximum absolute atomic E-state index is 13.2. The van der Waals surface area contributed by atoms with Crippen molar-refractivity contribution in [1.29, 1.82) is 0 Å². The van der Waals surface area contributed by atoms with Gasteiger partial charge in [0.15, 0.2) is 0 Å². The van der Waals surface area contributed by atoms with Crippen LogP contribution in [0, 0.1) is 12.7 Å². The maximum atomic E-state index is 13.2. The fraction of sp³-hybridized carbons (Fsp3) is 0.292. The van der Waals surface area contributed by atoms with Crippen molar-refractivity contribution in [2.24, 2.45) is 0 Å². The number of nitrogens with one attached hydrogen (secondary N) is 1. The molecule has 0 unspecified atom stereocenters. The number of nitrogens with zero attached hydrogens (tertiary/aromatic N) is 3. The molecule has 1 aliphatic carbocycles. The minimum absolute atomic E-state index is 0.164. The number of anilines is 2. The summed E-state index contributed by atoms with van der Waals surface area (Å²) in [5.41, 5.74) is 3.73. The van der Waals surface area contributed by atoms with Gasteiger partial charge < -0.3 is 10.2 Å². The molecule has 2 aromatic carbocycles. The lowest BCUT2D eigenvalue weighted by Crippen LogP contribution is -2.35. The van der Waals surface area contributed by atoms with Gasteiger partial charge in [-0.25, -0.2) is 14.4 Å². The molecule has 5 nitrogen and oxygen atoms in total. The molecule has 3 aromatic rings. The zero-order valence-corrected chi connectivity index (χ0v) is 16.9. The Hall–Kier alpha value is -3.28. The highest BCUT2D eigenvalue weighted by atomic mass is 19.1. The minimum atomic E-state index is -0.342. The normalized spacial score (nSPS) is 16.7. The molecule has 0 atom stereocenters. The highest BCUT2D eigenvalue weighted by Gasteiger charge is 2.46. The highest BCUT2D eigenvalue weighted by Crippen LogP contribution is 2.47. The third kappa shape index (κ3) is 3.43. The average Bonchev–Trinajstić information content (AvgIpc) is 3.54. The lowest BCUT2D eigenvalue weighted by molar-refractivity contribution is 0.0930. The van der Waals surface area contributed by atoms with E-state index >= 15 is 0 Å². The minimum Gasteiger partial charge on any atom is -0.343 e. The van der Waals surface area contributed by atoms with Crippen LogP contribution >= 0.6 is 0 Å². The number of halogens is 1. The van der Waals surface area contributed by atoms with Crippen LogP contribution in [-0.2, 0) is 12.0 Å². The van der Waals surface area contributed by atoms with Gasteiger partial charge in [0.25, 0.3) is 5.91 Å². The van der Waals surface area contributed by atoms with Crippen LogP contribution in [0.15, 0.2) is 54.7 Å². The van der Waals surface area contributed by atoms with E-state index in [9.17, 15) is 9.18 Å². The van der Waals surface area contributed by atoms with Gasteiger partial charge in [0.2, 0.25) is 0 Å². The van der Waals surface area contributed by atoms with E-state index in [1.807, 2.05) is 13.0 Å². The predicted octanol–water partition coefficient (Wildman–Crippen LogP) is 4.43. The van der Waals surface area contributed by atoms with E-state index < -0.39 is 0 Å². The van der Waals surface area contributed by atoms with Crippen molar-refractivity contribution in [2.45, 2.75) is 38.1 Å². The van der Waals surface area contributed by atoms with Crippen molar-refractivity contribution in [3.05, 3.63) is 83.1 Å². The molecule has 1 saturated carbocycles. The first kappa shape index (κ1) is 18.7. The van der Waals surface area contributed by atoms with Crippen molar-refractivity contribution < 1.29 is 9.18 Å². The second-order valence-electron chi connectivity index (χ2n) is 8.10. The number of carbonyl (C=O) groups is 1. The van der Waals surface area contributed by atoms with Gasteiger partial charge in [0.05, 0.1) is 5.54 Å². The van der Waals surface area contributed by atoms with E-state index in [4.69, 9.17) is 0 Å². The Morgan fingerprint density at radius 3 is 2.67 bits per heavy atom. The molecule has 152 valence electrons. The Labute approximate surface area is 175 Å². The first-order valence-electron chi connectivity index (χ1n) is 10.3. The van der Waals surface area contributed by atoms with Gasteiger partial charge in [0.1, 0.15) is 17.5 Å². The zero-order chi connectivity index (χ0) is 20.7. The number of rotatable bonds is 4. The molecule has 1 aliphatic heterocycles. The molecule has 30 heavy (non-hydrogen) atoms. The fourth-order valence-electron chi connectivity index (χ4n) is 4.23. The van der Waals surface area contributed by atoms with Crippen molar-refractivity contribution in [1.82, 2.24) is 15.3 Å². The van der Waals surface area contributed by atoms with Crippen molar-refractivity contribution in [3.63, 3.8) is 0 Å². The SMILES string of the molecule is Cc1nccc(N2CCCc3cc(C4(NC(=O)c5ccc(F)cc5)CC4)ccc32)n1. The van der Waals surface area contributed by atoms with Crippen LogP contribution < -0.4 is 10.2 Å². The molecule has 6 heteroatoms. The summed E-state index contributed by atoms with van der Waals surface area (Å²) >= 11 is 0. The lowest BCUT2D eigenvalue weighted by atomic mass is 9.95. The number of hydrogen-bond donors (Lipinski definition) is 1. The van der Waals surface area contributed by atoms with Crippen LogP contribution in [0.5, 0.6) is 0 Å². The van der Waals surface area contributed by atoms with Crippen LogP contribution in [0.3, 0.4) is 0 Å². The first-order chi connectivity index (χ1) is 14.5. The van der Waals surface area contributed by atoms with E-state index in [0.717, 1.165) is 49.4 Å². The van der Waals surface area contributed by atoms with E-state index in [1.165, 1.54) is 35.5 Å². The summed E-state index contributed by atoms with van der Waals surface area (Å²) < 4.78 is 13.2.